The van der Waals surface area contributed by atoms with Gasteiger partial charge < -0.3 is 5.32 Å². The average Bonchev–Trinajstić information content (AvgIpc) is 2.80. The molecule has 2 heterocycles. The lowest BCUT2D eigenvalue weighted by molar-refractivity contribution is 0.0947. The lowest BCUT2D eigenvalue weighted by Crippen LogP contribution is -2.30. The first-order valence-corrected chi connectivity index (χ1v) is 11.4. The third-order valence-corrected chi connectivity index (χ3v) is 6.40. The number of hydrogen-bond acceptors (Lipinski definition) is 4. The standard InChI is InChI=1S/C25H27N3OS/c29-24(23-14-9-15-26-25(23)30-22-12-3-1-4-13-22)27-18-20-10-5-6-11-21(20)19-28-16-7-2-8-17-28/h1,3-6,9-15H,2,7-8,16-19H2,(H,27,29). The van der Waals surface area contributed by atoms with E-state index in [4.69, 9.17) is 0 Å². The zero-order valence-electron chi connectivity index (χ0n) is 17.1. The van der Waals surface area contributed by atoms with Gasteiger partial charge in [-0.1, -0.05) is 60.6 Å². The lowest BCUT2D eigenvalue weighted by Gasteiger charge is -2.27. The van der Waals surface area contributed by atoms with Crippen molar-refractivity contribution in [3.05, 3.63) is 89.6 Å². The van der Waals surface area contributed by atoms with Crippen molar-refractivity contribution in [2.24, 2.45) is 0 Å². The van der Waals surface area contributed by atoms with Crippen LogP contribution in [0.1, 0.15) is 40.7 Å². The highest BCUT2D eigenvalue weighted by atomic mass is 32.2. The minimum absolute atomic E-state index is 0.0886. The van der Waals surface area contributed by atoms with Gasteiger partial charge >= 0.3 is 0 Å². The lowest BCUT2D eigenvalue weighted by atomic mass is 10.0. The predicted octanol–water partition coefficient (Wildman–Crippen LogP) is 5.15. The normalized spacial score (nSPS) is 14.4. The van der Waals surface area contributed by atoms with Crippen molar-refractivity contribution in [2.75, 3.05) is 13.1 Å². The Morgan fingerprint density at radius 3 is 2.43 bits per heavy atom. The Labute approximate surface area is 182 Å². The molecule has 0 saturated carbocycles. The Kier molecular flexibility index (Phi) is 7.16. The number of rotatable bonds is 7. The first kappa shape index (κ1) is 20.6. The summed E-state index contributed by atoms with van der Waals surface area (Å²) in [5, 5.41) is 3.83. The summed E-state index contributed by atoms with van der Waals surface area (Å²) in [6.07, 6.45) is 5.63. The van der Waals surface area contributed by atoms with E-state index < -0.39 is 0 Å². The van der Waals surface area contributed by atoms with E-state index in [0.717, 1.165) is 29.6 Å². The Morgan fingerprint density at radius 2 is 1.63 bits per heavy atom. The van der Waals surface area contributed by atoms with Crippen LogP contribution < -0.4 is 5.32 Å². The monoisotopic (exact) mass is 417 g/mol. The number of nitrogens with zero attached hydrogens (tertiary/aromatic N) is 2. The Bertz CT molecular complexity index is 971. The maximum Gasteiger partial charge on any atom is 0.254 e. The molecule has 30 heavy (non-hydrogen) atoms. The van der Waals surface area contributed by atoms with Gasteiger partial charge in [-0.25, -0.2) is 4.98 Å². The molecule has 0 radical (unpaired) electrons. The van der Waals surface area contributed by atoms with Gasteiger partial charge in [0.05, 0.1) is 5.56 Å². The minimum atomic E-state index is -0.0886. The quantitative estimate of drug-likeness (QED) is 0.578. The van der Waals surface area contributed by atoms with Crippen molar-refractivity contribution in [2.45, 2.75) is 42.3 Å². The number of nitrogens with one attached hydrogen (secondary N) is 1. The Morgan fingerprint density at radius 1 is 0.900 bits per heavy atom. The molecule has 0 aliphatic carbocycles. The molecule has 1 amide bonds. The first-order valence-electron chi connectivity index (χ1n) is 10.5. The second-order valence-electron chi connectivity index (χ2n) is 7.56. The Hall–Kier alpha value is -2.63. The summed E-state index contributed by atoms with van der Waals surface area (Å²) in [5.41, 5.74) is 3.09. The van der Waals surface area contributed by atoms with Gasteiger partial charge in [-0.05, 0) is 61.3 Å². The summed E-state index contributed by atoms with van der Waals surface area (Å²) in [5.74, 6) is -0.0886. The van der Waals surface area contributed by atoms with Gasteiger partial charge in [-0.3, -0.25) is 9.69 Å². The van der Waals surface area contributed by atoms with E-state index in [1.165, 1.54) is 42.2 Å². The van der Waals surface area contributed by atoms with Crippen LogP contribution >= 0.6 is 11.8 Å². The molecule has 4 rings (SSSR count). The maximum atomic E-state index is 13.0. The topological polar surface area (TPSA) is 45.2 Å². The molecule has 0 bridgehead atoms. The van der Waals surface area contributed by atoms with Crippen molar-refractivity contribution in [1.82, 2.24) is 15.2 Å². The second kappa shape index (κ2) is 10.4. The first-order chi connectivity index (χ1) is 14.8. The molecule has 0 atom stereocenters. The zero-order chi connectivity index (χ0) is 20.6. The van der Waals surface area contributed by atoms with Crippen LogP contribution in [-0.2, 0) is 13.1 Å². The summed E-state index contributed by atoms with van der Waals surface area (Å²) in [7, 11) is 0. The second-order valence-corrected chi connectivity index (χ2v) is 8.62. The number of benzene rings is 2. The van der Waals surface area contributed by atoms with Gasteiger partial charge in [-0.15, -0.1) is 0 Å². The SMILES string of the molecule is O=C(NCc1ccccc1CN1CCCCC1)c1cccnc1Sc1ccccc1. The third-order valence-electron chi connectivity index (χ3n) is 5.37. The number of carbonyl (C=O) groups is 1. The molecule has 1 N–H and O–H groups in total. The molecular formula is C25H27N3OS. The smallest absolute Gasteiger partial charge is 0.254 e. The van der Waals surface area contributed by atoms with Crippen LogP contribution in [0, 0.1) is 0 Å². The molecular weight excluding hydrogens is 390 g/mol. The van der Waals surface area contributed by atoms with Crippen molar-refractivity contribution in [1.29, 1.82) is 0 Å². The molecule has 154 valence electrons. The molecule has 2 aromatic carbocycles. The van der Waals surface area contributed by atoms with E-state index in [1.54, 1.807) is 6.20 Å². The molecule has 1 saturated heterocycles. The van der Waals surface area contributed by atoms with Crippen LogP contribution in [0.25, 0.3) is 0 Å². The molecule has 3 aromatic rings. The molecule has 0 unspecified atom stereocenters. The molecule has 1 aromatic heterocycles. The van der Waals surface area contributed by atoms with Gasteiger partial charge in [0.25, 0.3) is 5.91 Å². The van der Waals surface area contributed by atoms with Gasteiger partial charge in [0, 0.05) is 24.2 Å². The maximum absolute atomic E-state index is 13.0. The number of pyridine rings is 1. The highest BCUT2D eigenvalue weighted by Crippen LogP contribution is 2.28. The van der Waals surface area contributed by atoms with Crippen LogP contribution in [0.5, 0.6) is 0 Å². The summed E-state index contributed by atoms with van der Waals surface area (Å²) < 4.78 is 0. The minimum Gasteiger partial charge on any atom is -0.348 e. The molecule has 1 fully saturated rings. The van der Waals surface area contributed by atoms with Crippen molar-refractivity contribution in [3.8, 4) is 0 Å². The van der Waals surface area contributed by atoms with Gasteiger partial charge in [0.1, 0.15) is 5.03 Å². The van der Waals surface area contributed by atoms with Gasteiger partial charge in [0.2, 0.25) is 0 Å². The fourth-order valence-corrected chi connectivity index (χ4v) is 4.66. The number of aromatic nitrogens is 1. The summed E-state index contributed by atoms with van der Waals surface area (Å²) in [6.45, 7) is 3.80. The molecule has 5 heteroatoms. The van der Waals surface area contributed by atoms with Gasteiger partial charge in [-0.2, -0.15) is 0 Å². The summed E-state index contributed by atoms with van der Waals surface area (Å²) >= 11 is 1.51. The number of hydrogen-bond donors (Lipinski definition) is 1. The molecule has 4 nitrogen and oxygen atoms in total. The average molecular weight is 418 g/mol. The number of piperidine rings is 1. The molecule has 1 aliphatic heterocycles. The Balaban J connectivity index is 1.43. The van der Waals surface area contributed by atoms with E-state index in [2.05, 4.69) is 33.4 Å². The van der Waals surface area contributed by atoms with E-state index in [-0.39, 0.29) is 5.91 Å². The molecule has 1 aliphatic rings. The van der Waals surface area contributed by atoms with Crippen LogP contribution in [0.3, 0.4) is 0 Å². The fourth-order valence-electron chi connectivity index (χ4n) is 3.76. The van der Waals surface area contributed by atoms with Crippen LogP contribution in [0.4, 0.5) is 0 Å². The van der Waals surface area contributed by atoms with E-state index in [0.29, 0.717) is 12.1 Å². The van der Waals surface area contributed by atoms with Crippen molar-refractivity contribution >= 4 is 17.7 Å². The van der Waals surface area contributed by atoms with Crippen LogP contribution in [-0.4, -0.2) is 28.9 Å². The van der Waals surface area contributed by atoms with E-state index in [9.17, 15) is 4.79 Å². The van der Waals surface area contributed by atoms with Crippen molar-refractivity contribution in [3.63, 3.8) is 0 Å². The highest BCUT2D eigenvalue weighted by molar-refractivity contribution is 7.99. The summed E-state index contributed by atoms with van der Waals surface area (Å²) in [4.78, 5) is 21.0. The number of amides is 1. The van der Waals surface area contributed by atoms with E-state index >= 15 is 0 Å². The van der Waals surface area contributed by atoms with Crippen LogP contribution in [0.2, 0.25) is 0 Å². The zero-order valence-corrected chi connectivity index (χ0v) is 17.9. The third kappa shape index (κ3) is 5.49. The predicted molar refractivity (Wildman–Crippen MR) is 122 cm³/mol. The van der Waals surface area contributed by atoms with Crippen LogP contribution in [0.15, 0.2) is 82.8 Å². The largest absolute Gasteiger partial charge is 0.348 e. The van der Waals surface area contributed by atoms with Gasteiger partial charge in [0.15, 0.2) is 0 Å². The molecule has 0 spiro atoms. The van der Waals surface area contributed by atoms with E-state index in [1.807, 2.05) is 48.5 Å². The fraction of sp³-hybridized carbons (Fsp3) is 0.280. The number of carbonyl (C=O) groups excluding carboxylic acids is 1. The summed E-state index contributed by atoms with van der Waals surface area (Å²) in [6, 6.07) is 22.1. The number of likely N-dealkylation sites (tertiary alicyclic amines) is 1. The van der Waals surface area contributed by atoms with Crippen molar-refractivity contribution < 1.29 is 4.79 Å². The highest BCUT2D eigenvalue weighted by Gasteiger charge is 2.15.